The summed E-state index contributed by atoms with van der Waals surface area (Å²) in [5, 5.41) is 13.7. The number of nitro groups is 1. The number of amides is 1. The topological polar surface area (TPSA) is 90.7 Å². The fourth-order valence-corrected chi connectivity index (χ4v) is 2.17. The molecule has 0 radical (unpaired) electrons. The minimum Gasteiger partial charge on any atom is -0.490 e. The summed E-state index contributed by atoms with van der Waals surface area (Å²) in [7, 11) is 0. The molecule has 0 aliphatic heterocycles. The normalized spacial score (nSPS) is 10.2. The van der Waals surface area contributed by atoms with E-state index in [1.54, 1.807) is 13.8 Å². The van der Waals surface area contributed by atoms with Crippen LogP contribution in [0, 0.1) is 15.9 Å². The molecule has 0 aromatic heterocycles. The molecule has 0 saturated heterocycles. The quantitative estimate of drug-likeness (QED) is 0.607. The van der Waals surface area contributed by atoms with E-state index in [0.717, 1.165) is 6.07 Å². The number of halogens is 1. The van der Waals surface area contributed by atoms with E-state index in [1.807, 2.05) is 0 Å². The van der Waals surface area contributed by atoms with Crippen molar-refractivity contribution in [2.45, 2.75) is 13.8 Å². The Morgan fingerprint density at radius 2 is 1.76 bits per heavy atom. The molecule has 0 bridgehead atoms. The van der Waals surface area contributed by atoms with Crippen LogP contribution in [0.5, 0.6) is 11.5 Å². The van der Waals surface area contributed by atoms with Crippen LogP contribution < -0.4 is 14.8 Å². The maximum atomic E-state index is 13.7. The number of hydrogen-bond donors (Lipinski definition) is 1. The van der Waals surface area contributed by atoms with E-state index in [-0.39, 0.29) is 35.0 Å². The van der Waals surface area contributed by atoms with Gasteiger partial charge in [0.25, 0.3) is 11.6 Å². The Morgan fingerprint density at radius 1 is 1.16 bits per heavy atom. The lowest BCUT2D eigenvalue weighted by atomic mass is 10.1. The molecule has 0 aliphatic carbocycles. The van der Waals surface area contributed by atoms with Gasteiger partial charge in [-0.2, -0.15) is 0 Å². The second-order valence-electron chi connectivity index (χ2n) is 4.87. The van der Waals surface area contributed by atoms with Gasteiger partial charge in [0.05, 0.1) is 29.8 Å². The first-order valence-corrected chi connectivity index (χ1v) is 7.61. The van der Waals surface area contributed by atoms with Gasteiger partial charge in [0.1, 0.15) is 11.5 Å². The average molecular weight is 348 g/mol. The monoisotopic (exact) mass is 348 g/mol. The first-order chi connectivity index (χ1) is 12.0. The van der Waals surface area contributed by atoms with Crippen LogP contribution in [0.4, 0.5) is 15.8 Å². The van der Waals surface area contributed by atoms with Crippen molar-refractivity contribution < 1.29 is 23.6 Å². The number of anilines is 1. The van der Waals surface area contributed by atoms with Crippen LogP contribution in [0.1, 0.15) is 24.2 Å². The minimum atomic E-state index is -0.798. The molecule has 0 heterocycles. The molecule has 1 N–H and O–H groups in total. The average Bonchev–Trinajstić information content (AvgIpc) is 2.57. The smallest absolute Gasteiger partial charge is 0.296 e. The molecule has 1 amide bonds. The van der Waals surface area contributed by atoms with Gasteiger partial charge >= 0.3 is 0 Å². The number of hydrogen-bond acceptors (Lipinski definition) is 5. The van der Waals surface area contributed by atoms with Gasteiger partial charge in [0.2, 0.25) is 0 Å². The summed E-state index contributed by atoms with van der Waals surface area (Å²) in [6.07, 6.45) is 0. The van der Waals surface area contributed by atoms with E-state index in [0.29, 0.717) is 6.61 Å². The Hall–Kier alpha value is -3.16. The van der Waals surface area contributed by atoms with E-state index in [9.17, 15) is 19.3 Å². The summed E-state index contributed by atoms with van der Waals surface area (Å²) in [4.78, 5) is 22.9. The molecular weight excluding hydrogens is 331 g/mol. The third-order valence-corrected chi connectivity index (χ3v) is 3.23. The third kappa shape index (κ3) is 4.23. The molecule has 8 heteroatoms. The molecule has 2 aromatic carbocycles. The van der Waals surface area contributed by atoms with Crippen molar-refractivity contribution in [3.8, 4) is 11.5 Å². The highest BCUT2D eigenvalue weighted by Gasteiger charge is 2.23. The van der Waals surface area contributed by atoms with Gasteiger partial charge in [0.15, 0.2) is 11.5 Å². The zero-order chi connectivity index (χ0) is 18.4. The number of ether oxygens (including phenoxy) is 2. The predicted molar refractivity (Wildman–Crippen MR) is 89.8 cm³/mol. The largest absolute Gasteiger partial charge is 0.490 e. The fraction of sp³-hybridized carbons (Fsp3) is 0.235. The predicted octanol–water partition coefficient (Wildman–Crippen LogP) is 3.78. The van der Waals surface area contributed by atoms with Crippen molar-refractivity contribution in [3.63, 3.8) is 0 Å². The summed E-state index contributed by atoms with van der Waals surface area (Å²) in [6, 6.07) is 7.83. The molecule has 132 valence electrons. The number of nitrogens with one attached hydrogen (secondary N) is 1. The lowest BCUT2D eigenvalue weighted by Crippen LogP contribution is -2.15. The van der Waals surface area contributed by atoms with Crippen molar-refractivity contribution in [1.29, 1.82) is 0 Å². The number of nitro benzene ring substituents is 1. The Labute approximate surface area is 143 Å². The molecule has 2 aromatic rings. The second kappa shape index (κ2) is 8.09. The number of benzene rings is 2. The highest BCUT2D eigenvalue weighted by atomic mass is 19.1. The summed E-state index contributed by atoms with van der Waals surface area (Å²) < 4.78 is 24.5. The van der Waals surface area contributed by atoms with Gasteiger partial charge in [-0.05, 0) is 26.0 Å². The van der Waals surface area contributed by atoms with Crippen molar-refractivity contribution in [3.05, 3.63) is 57.9 Å². The lowest BCUT2D eigenvalue weighted by molar-refractivity contribution is -0.384. The van der Waals surface area contributed by atoms with Gasteiger partial charge in [-0.3, -0.25) is 14.9 Å². The Balaban J connectivity index is 2.44. The highest BCUT2D eigenvalue weighted by molar-refractivity contribution is 6.05. The molecule has 0 atom stereocenters. The van der Waals surface area contributed by atoms with Crippen LogP contribution >= 0.6 is 0 Å². The van der Waals surface area contributed by atoms with E-state index < -0.39 is 16.6 Å². The van der Waals surface area contributed by atoms with Gasteiger partial charge in [-0.1, -0.05) is 12.1 Å². The number of carbonyl (C=O) groups is 1. The third-order valence-electron chi connectivity index (χ3n) is 3.23. The van der Waals surface area contributed by atoms with Crippen LogP contribution in [0.2, 0.25) is 0 Å². The van der Waals surface area contributed by atoms with E-state index in [4.69, 9.17) is 9.47 Å². The summed E-state index contributed by atoms with van der Waals surface area (Å²) in [5.74, 6) is -1.08. The van der Waals surface area contributed by atoms with Crippen molar-refractivity contribution in [2.24, 2.45) is 0 Å². The van der Waals surface area contributed by atoms with Crippen LogP contribution in [-0.4, -0.2) is 24.0 Å². The zero-order valence-electron chi connectivity index (χ0n) is 13.7. The van der Waals surface area contributed by atoms with Crippen molar-refractivity contribution in [2.75, 3.05) is 18.5 Å². The summed E-state index contributed by atoms with van der Waals surface area (Å²) in [6.45, 7) is 4.07. The Bertz CT molecular complexity index is 795. The van der Waals surface area contributed by atoms with Gasteiger partial charge < -0.3 is 14.8 Å². The molecule has 2 rings (SSSR count). The lowest BCUT2D eigenvalue weighted by Gasteiger charge is -2.13. The zero-order valence-corrected chi connectivity index (χ0v) is 13.7. The van der Waals surface area contributed by atoms with E-state index in [1.165, 1.54) is 30.3 Å². The van der Waals surface area contributed by atoms with Crippen molar-refractivity contribution in [1.82, 2.24) is 0 Å². The Kier molecular flexibility index (Phi) is 5.89. The number of rotatable bonds is 7. The standard InChI is InChI=1S/C17H17FN2O5/c1-3-24-15-9-13(14(20(22)23)10-16(15)25-4-2)19-17(21)11-7-5-6-8-12(11)18/h5-10H,3-4H2,1-2H3,(H,19,21). The van der Waals surface area contributed by atoms with Gasteiger partial charge in [0, 0.05) is 6.07 Å². The minimum absolute atomic E-state index is 0.106. The number of carbonyl (C=O) groups excluding carboxylic acids is 1. The van der Waals surface area contributed by atoms with Crippen LogP contribution in [0.15, 0.2) is 36.4 Å². The summed E-state index contributed by atoms with van der Waals surface area (Å²) >= 11 is 0. The fourth-order valence-electron chi connectivity index (χ4n) is 2.17. The molecular formula is C17H17FN2O5. The molecule has 0 aliphatic rings. The molecule has 0 saturated carbocycles. The van der Waals surface area contributed by atoms with Crippen LogP contribution in [-0.2, 0) is 0 Å². The van der Waals surface area contributed by atoms with Crippen LogP contribution in [0.3, 0.4) is 0 Å². The molecule has 0 spiro atoms. The Morgan fingerprint density at radius 3 is 2.32 bits per heavy atom. The maximum absolute atomic E-state index is 13.7. The molecule has 7 nitrogen and oxygen atoms in total. The molecule has 25 heavy (non-hydrogen) atoms. The first-order valence-electron chi connectivity index (χ1n) is 7.61. The maximum Gasteiger partial charge on any atom is 0.296 e. The summed E-state index contributed by atoms with van der Waals surface area (Å²) in [5.41, 5.74) is -0.703. The van der Waals surface area contributed by atoms with E-state index in [2.05, 4.69) is 5.32 Å². The van der Waals surface area contributed by atoms with Crippen molar-refractivity contribution >= 4 is 17.3 Å². The highest BCUT2D eigenvalue weighted by Crippen LogP contribution is 2.38. The van der Waals surface area contributed by atoms with E-state index >= 15 is 0 Å². The number of nitrogens with zero attached hydrogens (tertiary/aromatic N) is 1. The van der Waals surface area contributed by atoms with Crippen LogP contribution in [0.25, 0.3) is 0 Å². The van der Waals surface area contributed by atoms with Gasteiger partial charge in [-0.15, -0.1) is 0 Å². The molecule has 0 unspecified atom stereocenters. The first kappa shape index (κ1) is 18.2. The second-order valence-corrected chi connectivity index (χ2v) is 4.87. The van der Waals surface area contributed by atoms with Gasteiger partial charge in [-0.25, -0.2) is 4.39 Å². The molecule has 0 fully saturated rings. The SMILES string of the molecule is CCOc1cc(NC(=O)c2ccccc2F)c([N+](=O)[O-])cc1OCC.